The van der Waals surface area contributed by atoms with Crippen LogP contribution in [0.1, 0.15) is 18.1 Å². The highest BCUT2D eigenvalue weighted by molar-refractivity contribution is 7.89. The van der Waals surface area contributed by atoms with Gasteiger partial charge in [-0.25, -0.2) is 8.42 Å². The van der Waals surface area contributed by atoms with Gasteiger partial charge in [0.15, 0.2) is 0 Å². The van der Waals surface area contributed by atoms with E-state index >= 15 is 0 Å². The molecule has 0 atom stereocenters. The molecule has 1 aliphatic heterocycles. The number of nitrogens with zero attached hydrogens (tertiary/aromatic N) is 3. The van der Waals surface area contributed by atoms with Gasteiger partial charge < -0.3 is 9.64 Å². The van der Waals surface area contributed by atoms with Crippen LogP contribution in [0.4, 0.5) is 0 Å². The molecule has 1 fully saturated rings. The molecule has 1 aliphatic rings. The summed E-state index contributed by atoms with van der Waals surface area (Å²) in [5, 5.41) is 0. The first-order valence-corrected chi connectivity index (χ1v) is 12.7. The normalized spacial score (nSPS) is 15.3. The fourth-order valence-corrected chi connectivity index (χ4v) is 5.34. The van der Waals surface area contributed by atoms with Gasteiger partial charge >= 0.3 is 0 Å². The SMILES string of the molecule is CCN(CC(=O)N1CCN(C/C=C/c2ccccc2)CC1)S(=O)(=O)c1ccc(OC)c(C)c1. The first kappa shape index (κ1) is 25.0. The molecule has 0 bridgehead atoms. The number of sulfonamides is 1. The van der Waals surface area contributed by atoms with Gasteiger partial charge in [-0.1, -0.05) is 49.4 Å². The first-order valence-electron chi connectivity index (χ1n) is 11.2. The molecule has 3 rings (SSSR count). The number of hydrogen-bond acceptors (Lipinski definition) is 5. The maximum absolute atomic E-state index is 13.1. The lowest BCUT2D eigenvalue weighted by Crippen LogP contribution is -2.51. The number of carbonyl (C=O) groups excluding carboxylic acids is 1. The molecule has 0 radical (unpaired) electrons. The fraction of sp³-hybridized carbons (Fsp3) is 0.400. The summed E-state index contributed by atoms with van der Waals surface area (Å²) in [7, 11) is -2.22. The van der Waals surface area contributed by atoms with Crippen molar-refractivity contribution in [3.05, 3.63) is 65.7 Å². The van der Waals surface area contributed by atoms with Crippen molar-refractivity contribution in [3.63, 3.8) is 0 Å². The molecule has 178 valence electrons. The Hall–Kier alpha value is -2.68. The summed E-state index contributed by atoms with van der Waals surface area (Å²) >= 11 is 0. The van der Waals surface area contributed by atoms with Gasteiger partial charge in [0.2, 0.25) is 15.9 Å². The van der Waals surface area contributed by atoms with E-state index in [1.54, 1.807) is 38.0 Å². The van der Waals surface area contributed by atoms with E-state index in [4.69, 9.17) is 4.74 Å². The second kappa shape index (κ2) is 11.4. The van der Waals surface area contributed by atoms with Crippen LogP contribution >= 0.6 is 0 Å². The molecule has 0 spiro atoms. The minimum Gasteiger partial charge on any atom is -0.496 e. The Balaban J connectivity index is 1.54. The van der Waals surface area contributed by atoms with E-state index in [-0.39, 0.29) is 23.9 Å². The van der Waals surface area contributed by atoms with Crippen LogP contribution in [0.2, 0.25) is 0 Å². The van der Waals surface area contributed by atoms with Crippen molar-refractivity contribution in [2.45, 2.75) is 18.7 Å². The van der Waals surface area contributed by atoms with Gasteiger partial charge in [0.05, 0.1) is 18.6 Å². The lowest BCUT2D eigenvalue weighted by molar-refractivity contribution is -0.133. The zero-order valence-electron chi connectivity index (χ0n) is 19.6. The van der Waals surface area contributed by atoms with Gasteiger partial charge in [-0.3, -0.25) is 9.69 Å². The average molecular weight is 472 g/mol. The van der Waals surface area contributed by atoms with Crippen LogP contribution in [0.25, 0.3) is 6.08 Å². The van der Waals surface area contributed by atoms with Crippen molar-refractivity contribution >= 4 is 22.0 Å². The van der Waals surface area contributed by atoms with Crippen LogP contribution in [-0.2, 0) is 14.8 Å². The Bertz CT molecular complexity index is 1060. The Morgan fingerprint density at radius 2 is 1.79 bits per heavy atom. The topological polar surface area (TPSA) is 70.2 Å². The molecular formula is C25H33N3O4S. The van der Waals surface area contributed by atoms with E-state index in [9.17, 15) is 13.2 Å². The highest BCUT2D eigenvalue weighted by Gasteiger charge is 2.29. The summed E-state index contributed by atoms with van der Waals surface area (Å²) < 4.78 is 32.7. The van der Waals surface area contributed by atoms with Gasteiger partial charge in [0, 0.05) is 39.3 Å². The number of benzene rings is 2. The van der Waals surface area contributed by atoms with E-state index in [1.165, 1.54) is 15.9 Å². The maximum Gasteiger partial charge on any atom is 0.243 e. The lowest BCUT2D eigenvalue weighted by Gasteiger charge is -2.35. The van der Waals surface area contributed by atoms with Crippen LogP contribution in [0.15, 0.2) is 59.5 Å². The predicted molar refractivity (Wildman–Crippen MR) is 131 cm³/mol. The summed E-state index contributed by atoms with van der Waals surface area (Å²) in [5.41, 5.74) is 1.90. The highest BCUT2D eigenvalue weighted by atomic mass is 32.2. The summed E-state index contributed by atoms with van der Waals surface area (Å²) in [6, 6.07) is 14.9. The number of rotatable bonds is 9. The number of likely N-dealkylation sites (N-methyl/N-ethyl adjacent to an activating group) is 1. The van der Waals surface area contributed by atoms with Crippen molar-refractivity contribution in [1.82, 2.24) is 14.1 Å². The van der Waals surface area contributed by atoms with Crippen LogP contribution < -0.4 is 4.74 Å². The van der Waals surface area contributed by atoms with E-state index in [0.717, 1.165) is 25.2 Å². The lowest BCUT2D eigenvalue weighted by atomic mass is 10.2. The second-order valence-electron chi connectivity index (χ2n) is 8.06. The third-order valence-corrected chi connectivity index (χ3v) is 7.78. The smallest absolute Gasteiger partial charge is 0.243 e. The van der Waals surface area contributed by atoms with Crippen molar-refractivity contribution in [2.75, 3.05) is 52.9 Å². The number of methoxy groups -OCH3 is 1. The quantitative estimate of drug-likeness (QED) is 0.563. The van der Waals surface area contributed by atoms with Crippen LogP contribution in [-0.4, -0.2) is 81.4 Å². The molecule has 0 N–H and O–H groups in total. The van der Waals surface area contributed by atoms with E-state index in [1.807, 2.05) is 18.2 Å². The van der Waals surface area contributed by atoms with Gasteiger partial charge in [-0.05, 0) is 36.2 Å². The van der Waals surface area contributed by atoms with E-state index in [0.29, 0.717) is 18.8 Å². The number of piperazine rings is 1. The summed E-state index contributed by atoms with van der Waals surface area (Å²) in [5.74, 6) is 0.467. The molecule has 8 heteroatoms. The third-order valence-electron chi connectivity index (χ3n) is 5.87. The van der Waals surface area contributed by atoms with E-state index < -0.39 is 10.0 Å². The number of amides is 1. The number of ether oxygens (including phenoxy) is 1. The van der Waals surface area contributed by atoms with Gasteiger partial charge in [-0.2, -0.15) is 4.31 Å². The molecule has 0 unspecified atom stereocenters. The van der Waals surface area contributed by atoms with Crippen LogP contribution in [0.5, 0.6) is 5.75 Å². The van der Waals surface area contributed by atoms with Crippen molar-refractivity contribution in [1.29, 1.82) is 0 Å². The maximum atomic E-state index is 13.1. The van der Waals surface area contributed by atoms with Gasteiger partial charge in [-0.15, -0.1) is 0 Å². The zero-order chi connectivity index (χ0) is 23.8. The van der Waals surface area contributed by atoms with Crippen LogP contribution in [0, 0.1) is 6.92 Å². The summed E-state index contributed by atoms with van der Waals surface area (Å²) in [4.78, 5) is 17.1. The van der Waals surface area contributed by atoms with Gasteiger partial charge in [0.1, 0.15) is 5.75 Å². The van der Waals surface area contributed by atoms with Crippen molar-refractivity contribution < 1.29 is 17.9 Å². The first-order chi connectivity index (χ1) is 15.8. The molecule has 7 nitrogen and oxygen atoms in total. The molecule has 1 heterocycles. The minimum atomic E-state index is -3.77. The minimum absolute atomic E-state index is 0.155. The highest BCUT2D eigenvalue weighted by Crippen LogP contribution is 2.23. The standard InChI is InChI=1S/C25H33N3O4S/c1-4-28(33(30,31)23-12-13-24(32-3)21(2)19-23)20-25(29)27-17-15-26(16-18-27)14-8-11-22-9-6-5-7-10-22/h5-13,19H,4,14-18,20H2,1-3H3/b11-8+. The molecule has 1 amide bonds. The largest absolute Gasteiger partial charge is 0.496 e. The summed E-state index contributed by atoms with van der Waals surface area (Å²) in [6.45, 7) is 7.16. The molecule has 2 aromatic carbocycles. The Morgan fingerprint density at radius 3 is 2.39 bits per heavy atom. The summed E-state index contributed by atoms with van der Waals surface area (Å²) in [6.07, 6.45) is 4.23. The molecule has 1 saturated heterocycles. The Kier molecular flexibility index (Phi) is 8.66. The fourth-order valence-electron chi connectivity index (χ4n) is 3.86. The Labute approximate surface area is 197 Å². The van der Waals surface area contributed by atoms with Crippen molar-refractivity contribution in [3.8, 4) is 5.75 Å². The van der Waals surface area contributed by atoms with Gasteiger partial charge in [0.25, 0.3) is 0 Å². The monoisotopic (exact) mass is 471 g/mol. The molecule has 0 aromatic heterocycles. The number of hydrogen-bond donors (Lipinski definition) is 0. The molecule has 2 aromatic rings. The molecule has 0 aliphatic carbocycles. The number of carbonyl (C=O) groups is 1. The molecular weight excluding hydrogens is 438 g/mol. The van der Waals surface area contributed by atoms with Crippen LogP contribution in [0.3, 0.4) is 0 Å². The molecule has 33 heavy (non-hydrogen) atoms. The van der Waals surface area contributed by atoms with E-state index in [2.05, 4.69) is 29.2 Å². The Morgan fingerprint density at radius 1 is 1.09 bits per heavy atom. The van der Waals surface area contributed by atoms with Crippen molar-refractivity contribution in [2.24, 2.45) is 0 Å². The third kappa shape index (κ3) is 6.43. The second-order valence-corrected chi connectivity index (χ2v) is 10.00. The zero-order valence-corrected chi connectivity index (χ0v) is 20.4. The number of aryl methyl sites for hydroxylation is 1. The predicted octanol–water partition coefficient (Wildman–Crippen LogP) is 2.87. The average Bonchev–Trinajstić information content (AvgIpc) is 2.83. The molecule has 0 saturated carbocycles.